The lowest BCUT2D eigenvalue weighted by Gasteiger charge is -2.28. The van der Waals surface area contributed by atoms with Gasteiger partial charge in [0, 0.05) is 6.07 Å². The summed E-state index contributed by atoms with van der Waals surface area (Å²) in [5.41, 5.74) is 0. The average Bonchev–Trinajstić information content (AvgIpc) is 2.38. The van der Waals surface area contributed by atoms with E-state index in [0.717, 1.165) is 19.4 Å². The van der Waals surface area contributed by atoms with Crippen LogP contribution < -0.4 is 15.4 Å². The maximum atomic E-state index is 12.2. The Morgan fingerprint density at radius 1 is 1.58 bits per heavy atom. The van der Waals surface area contributed by atoms with Gasteiger partial charge in [-0.3, -0.25) is 10.1 Å². The second kappa shape index (κ2) is 6.16. The van der Waals surface area contributed by atoms with Gasteiger partial charge in [0.2, 0.25) is 17.7 Å². The highest BCUT2D eigenvalue weighted by atomic mass is 35.5. The molecule has 0 bridgehead atoms. The summed E-state index contributed by atoms with van der Waals surface area (Å²) in [6.07, 6.45) is 2.12. The van der Waals surface area contributed by atoms with Crippen LogP contribution in [0.15, 0.2) is 6.07 Å². The molecule has 2 atom stereocenters. The maximum absolute atomic E-state index is 12.2. The van der Waals surface area contributed by atoms with Gasteiger partial charge in [0.15, 0.2) is 0 Å². The van der Waals surface area contributed by atoms with Crippen LogP contribution in [0.5, 0.6) is 5.88 Å². The molecule has 104 valence electrons. The number of carbonyl (C=O) groups excluding carboxylic acids is 1. The number of hydrogen-bond acceptors (Lipinski definition) is 5. The Hall–Kier alpha value is -1.40. The van der Waals surface area contributed by atoms with Gasteiger partial charge in [-0.25, -0.2) is 4.98 Å². The van der Waals surface area contributed by atoms with Crippen molar-refractivity contribution in [2.75, 3.05) is 19.0 Å². The van der Waals surface area contributed by atoms with Crippen molar-refractivity contribution in [2.45, 2.75) is 25.8 Å². The molecular weight excluding hydrogens is 268 g/mol. The lowest BCUT2D eigenvalue weighted by Crippen LogP contribution is -2.48. The van der Waals surface area contributed by atoms with Crippen LogP contribution in [0.3, 0.4) is 0 Å². The van der Waals surface area contributed by atoms with Crippen molar-refractivity contribution in [3.63, 3.8) is 0 Å². The van der Waals surface area contributed by atoms with Crippen LogP contribution in [0.1, 0.15) is 19.8 Å². The molecule has 1 saturated heterocycles. The molecule has 1 aromatic heterocycles. The van der Waals surface area contributed by atoms with Crippen molar-refractivity contribution >= 4 is 23.5 Å². The van der Waals surface area contributed by atoms with Crippen LogP contribution >= 0.6 is 11.6 Å². The SMILES string of the molecule is COc1cc(Cl)nc(NC(=O)C2NCCCC2C)n1. The Balaban J connectivity index is 2.07. The fourth-order valence-corrected chi connectivity index (χ4v) is 2.32. The number of amides is 1. The van der Waals surface area contributed by atoms with Crippen molar-refractivity contribution < 1.29 is 9.53 Å². The molecule has 2 heterocycles. The Bertz CT molecular complexity index is 469. The summed E-state index contributed by atoms with van der Waals surface area (Å²) in [5.74, 6) is 0.625. The lowest BCUT2D eigenvalue weighted by molar-refractivity contribution is -0.119. The molecule has 0 saturated carbocycles. The number of carbonyl (C=O) groups is 1. The second-order valence-corrected chi connectivity index (χ2v) is 4.98. The summed E-state index contributed by atoms with van der Waals surface area (Å²) >= 11 is 5.83. The summed E-state index contributed by atoms with van der Waals surface area (Å²) in [4.78, 5) is 20.1. The van der Waals surface area contributed by atoms with E-state index in [0.29, 0.717) is 5.88 Å². The highest BCUT2D eigenvalue weighted by Gasteiger charge is 2.27. The van der Waals surface area contributed by atoms with E-state index < -0.39 is 0 Å². The Labute approximate surface area is 116 Å². The van der Waals surface area contributed by atoms with Gasteiger partial charge in [-0.05, 0) is 25.3 Å². The van der Waals surface area contributed by atoms with E-state index in [1.54, 1.807) is 0 Å². The topological polar surface area (TPSA) is 76.1 Å². The van der Waals surface area contributed by atoms with Crippen molar-refractivity contribution in [3.8, 4) is 5.88 Å². The molecule has 0 spiro atoms. The summed E-state index contributed by atoms with van der Waals surface area (Å²) in [7, 11) is 1.48. The number of ether oxygens (including phenoxy) is 1. The minimum Gasteiger partial charge on any atom is -0.481 e. The van der Waals surface area contributed by atoms with Crippen molar-refractivity contribution in [1.82, 2.24) is 15.3 Å². The third-order valence-corrected chi connectivity index (χ3v) is 3.36. The van der Waals surface area contributed by atoms with Gasteiger partial charge in [-0.2, -0.15) is 4.98 Å². The van der Waals surface area contributed by atoms with E-state index in [1.165, 1.54) is 13.2 Å². The highest BCUT2D eigenvalue weighted by molar-refractivity contribution is 6.29. The number of piperidine rings is 1. The van der Waals surface area contributed by atoms with Gasteiger partial charge in [0.1, 0.15) is 5.15 Å². The highest BCUT2D eigenvalue weighted by Crippen LogP contribution is 2.19. The van der Waals surface area contributed by atoms with Crippen LogP contribution in [-0.2, 0) is 4.79 Å². The summed E-state index contributed by atoms with van der Waals surface area (Å²) in [6.45, 7) is 2.90. The molecule has 1 aromatic rings. The van der Waals surface area contributed by atoms with E-state index >= 15 is 0 Å². The number of halogens is 1. The normalized spacial score (nSPS) is 22.9. The molecule has 7 heteroatoms. The number of aromatic nitrogens is 2. The number of nitrogens with zero attached hydrogens (tertiary/aromatic N) is 2. The minimum absolute atomic E-state index is 0.142. The molecular formula is C12H17ClN4O2. The van der Waals surface area contributed by atoms with E-state index in [-0.39, 0.29) is 29.0 Å². The van der Waals surface area contributed by atoms with Gasteiger partial charge >= 0.3 is 0 Å². The summed E-state index contributed by atoms with van der Waals surface area (Å²) in [6, 6.07) is 1.26. The maximum Gasteiger partial charge on any atom is 0.244 e. The average molecular weight is 285 g/mol. The minimum atomic E-state index is -0.220. The number of methoxy groups -OCH3 is 1. The number of nitrogens with one attached hydrogen (secondary N) is 2. The molecule has 0 aromatic carbocycles. The van der Waals surface area contributed by atoms with Crippen LogP contribution in [0.2, 0.25) is 5.15 Å². The molecule has 1 fully saturated rings. The fourth-order valence-electron chi connectivity index (χ4n) is 2.15. The quantitative estimate of drug-likeness (QED) is 0.822. The Kier molecular flexibility index (Phi) is 4.55. The van der Waals surface area contributed by atoms with E-state index in [4.69, 9.17) is 16.3 Å². The van der Waals surface area contributed by atoms with Gasteiger partial charge < -0.3 is 10.1 Å². The lowest BCUT2D eigenvalue weighted by atomic mass is 9.92. The summed E-state index contributed by atoms with van der Waals surface area (Å²) in [5, 5.41) is 6.10. The number of rotatable bonds is 3. The van der Waals surface area contributed by atoms with Crippen LogP contribution in [-0.4, -0.2) is 35.6 Å². The number of hydrogen-bond donors (Lipinski definition) is 2. The molecule has 0 aliphatic carbocycles. The van der Waals surface area contributed by atoms with Crippen LogP contribution in [0.25, 0.3) is 0 Å². The Morgan fingerprint density at radius 2 is 2.37 bits per heavy atom. The monoisotopic (exact) mass is 284 g/mol. The predicted octanol–water partition coefficient (Wildman–Crippen LogP) is 1.47. The fraction of sp³-hybridized carbons (Fsp3) is 0.583. The molecule has 0 radical (unpaired) electrons. The van der Waals surface area contributed by atoms with Crippen LogP contribution in [0, 0.1) is 5.92 Å². The molecule has 6 nitrogen and oxygen atoms in total. The molecule has 2 rings (SSSR count). The van der Waals surface area contributed by atoms with Crippen molar-refractivity contribution in [2.24, 2.45) is 5.92 Å². The second-order valence-electron chi connectivity index (χ2n) is 4.60. The molecule has 19 heavy (non-hydrogen) atoms. The first kappa shape index (κ1) is 14.0. The smallest absolute Gasteiger partial charge is 0.244 e. The largest absolute Gasteiger partial charge is 0.481 e. The molecule has 1 aliphatic heterocycles. The first-order valence-electron chi connectivity index (χ1n) is 6.23. The zero-order valence-electron chi connectivity index (χ0n) is 10.9. The third-order valence-electron chi connectivity index (χ3n) is 3.17. The third kappa shape index (κ3) is 3.54. The molecule has 1 amide bonds. The first-order valence-corrected chi connectivity index (χ1v) is 6.61. The van der Waals surface area contributed by atoms with Crippen molar-refractivity contribution in [1.29, 1.82) is 0 Å². The van der Waals surface area contributed by atoms with Gasteiger partial charge in [-0.15, -0.1) is 0 Å². The standard InChI is InChI=1S/C12H17ClN4O2/c1-7-4-3-5-14-10(7)11(18)17-12-15-8(13)6-9(16-12)19-2/h6-7,10,14H,3-5H2,1-2H3,(H,15,16,17,18). The van der Waals surface area contributed by atoms with Gasteiger partial charge in [0.05, 0.1) is 13.2 Å². The number of anilines is 1. The van der Waals surface area contributed by atoms with E-state index in [2.05, 4.69) is 27.5 Å². The predicted molar refractivity (Wildman–Crippen MR) is 72.4 cm³/mol. The van der Waals surface area contributed by atoms with Crippen molar-refractivity contribution in [3.05, 3.63) is 11.2 Å². The zero-order valence-corrected chi connectivity index (χ0v) is 11.7. The zero-order chi connectivity index (χ0) is 13.8. The molecule has 2 N–H and O–H groups in total. The first-order chi connectivity index (χ1) is 9.10. The Morgan fingerprint density at radius 3 is 3.05 bits per heavy atom. The van der Waals surface area contributed by atoms with Gasteiger partial charge in [0.25, 0.3) is 0 Å². The summed E-state index contributed by atoms with van der Waals surface area (Å²) < 4.78 is 4.98. The van der Waals surface area contributed by atoms with E-state index in [1.807, 2.05) is 0 Å². The molecule has 2 unspecified atom stereocenters. The molecule has 1 aliphatic rings. The van der Waals surface area contributed by atoms with Gasteiger partial charge in [-0.1, -0.05) is 18.5 Å². The van der Waals surface area contributed by atoms with E-state index in [9.17, 15) is 4.79 Å². The van der Waals surface area contributed by atoms with Crippen LogP contribution in [0.4, 0.5) is 5.95 Å².